The molecule has 74 valence electrons. The Kier molecular flexibility index (Phi) is 1.64. The molecule has 1 unspecified atom stereocenters. The van der Waals surface area contributed by atoms with Crippen LogP contribution in [0, 0.1) is 5.92 Å². The SMILES string of the molecule is CC1(C2CCC2)CNc2ccccc21. The van der Waals surface area contributed by atoms with Crippen LogP contribution in [-0.2, 0) is 5.41 Å². The molecule has 0 spiro atoms. The quantitative estimate of drug-likeness (QED) is 0.712. The Hall–Kier alpha value is -0.980. The van der Waals surface area contributed by atoms with Gasteiger partial charge in [-0.3, -0.25) is 0 Å². The van der Waals surface area contributed by atoms with Gasteiger partial charge in [0.25, 0.3) is 0 Å². The molecule has 1 aromatic rings. The molecule has 1 heteroatoms. The van der Waals surface area contributed by atoms with Crippen molar-refractivity contribution in [2.24, 2.45) is 5.92 Å². The van der Waals surface area contributed by atoms with Gasteiger partial charge in [0.15, 0.2) is 0 Å². The lowest BCUT2D eigenvalue weighted by atomic mass is 9.64. The number of rotatable bonds is 1. The second-order valence-corrected chi connectivity index (χ2v) is 4.94. The molecule has 1 saturated carbocycles. The van der Waals surface area contributed by atoms with E-state index in [1.54, 1.807) is 5.56 Å². The van der Waals surface area contributed by atoms with E-state index in [1.807, 2.05) is 0 Å². The topological polar surface area (TPSA) is 12.0 Å². The summed E-state index contributed by atoms with van der Waals surface area (Å²) in [6, 6.07) is 8.80. The summed E-state index contributed by atoms with van der Waals surface area (Å²) in [6.45, 7) is 3.56. The van der Waals surface area contributed by atoms with E-state index in [0.717, 1.165) is 12.5 Å². The maximum atomic E-state index is 3.54. The standard InChI is InChI=1S/C13H17N/c1-13(10-5-4-6-10)9-14-12-8-3-2-7-11(12)13/h2-3,7-8,10,14H,4-6,9H2,1H3. The van der Waals surface area contributed by atoms with Gasteiger partial charge in [-0.15, -0.1) is 0 Å². The predicted molar refractivity (Wildman–Crippen MR) is 59.6 cm³/mol. The zero-order valence-corrected chi connectivity index (χ0v) is 8.72. The van der Waals surface area contributed by atoms with Gasteiger partial charge in [-0.25, -0.2) is 0 Å². The smallest absolute Gasteiger partial charge is 0.0379 e. The first-order valence-electron chi connectivity index (χ1n) is 5.64. The molecule has 1 N–H and O–H groups in total. The van der Waals surface area contributed by atoms with Crippen molar-refractivity contribution in [3.05, 3.63) is 29.8 Å². The Bertz CT molecular complexity index is 354. The highest BCUT2D eigenvalue weighted by atomic mass is 14.9. The van der Waals surface area contributed by atoms with Crippen molar-refractivity contribution < 1.29 is 0 Å². The number of para-hydroxylation sites is 1. The van der Waals surface area contributed by atoms with Crippen LogP contribution in [0.15, 0.2) is 24.3 Å². The van der Waals surface area contributed by atoms with Crippen molar-refractivity contribution in [2.75, 3.05) is 11.9 Å². The van der Waals surface area contributed by atoms with E-state index in [4.69, 9.17) is 0 Å². The van der Waals surface area contributed by atoms with Gasteiger partial charge in [-0.05, 0) is 30.4 Å². The van der Waals surface area contributed by atoms with Crippen LogP contribution in [-0.4, -0.2) is 6.54 Å². The van der Waals surface area contributed by atoms with E-state index in [1.165, 1.54) is 24.9 Å². The van der Waals surface area contributed by atoms with Crippen molar-refractivity contribution in [1.29, 1.82) is 0 Å². The average molecular weight is 187 g/mol. The zero-order valence-electron chi connectivity index (χ0n) is 8.72. The van der Waals surface area contributed by atoms with Crippen molar-refractivity contribution in [1.82, 2.24) is 0 Å². The van der Waals surface area contributed by atoms with Gasteiger partial charge >= 0.3 is 0 Å². The van der Waals surface area contributed by atoms with Crippen LogP contribution in [0.4, 0.5) is 5.69 Å². The number of nitrogens with one attached hydrogen (secondary N) is 1. The fourth-order valence-corrected chi connectivity index (χ4v) is 2.92. The number of anilines is 1. The summed E-state index contributed by atoms with van der Waals surface area (Å²) in [4.78, 5) is 0. The lowest BCUT2D eigenvalue weighted by Gasteiger charge is -2.40. The molecule has 1 aromatic carbocycles. The lowest BCUT2D eigenvalue weighted by Crippen LogP contribution is -2.38. The van der Waals surface area contributed by atoms with Crippen molar-refractivity contribution >= 4 is 5.69 Å². The first-order chi connectivity index (χ1) is 6.81. The van der Waals surface area contributed by atoms with Crippen molar-refractivity contribution in [3.8, 4) is 0 Å². The van der Waals surface area contributed by atoms with E-state index in [9.17, 15) is 0 Å². The summed E-state index contributed by atoms with van der Waals surface area (Å²) >= 11 is 0. The van der Waals surface area contributed by atoms with Gasteiger partial charge in [-0.1, -0.05) is 31.5 Å². The number of hydrogen-bond acceptors (Lipinski definition) is 1. The molecule has 1 aliphatic heterocycles. The highest BCUT2D eigenvalue weighted by Crippen LogP contribution is 2.49. The molecule has 1 aliphatic carbocycles. The summed E-state index contributed by atoms with van der Waals surface area (Å²) in [7, 11) is 0. The molecule has 0 aromatic heterocycles. The highest BCUT2D eigenvalue weighted by molar-refractivity contribution is 5.60. The summed E-state index contributed by atoms with van der Waals surface area (Å²) < 4.78 is 0. The molecule has 1 fully saturated rings. The molecule has 1 atom stereocenters. The van der Waals surface area contributed by atoms with Crippen LogP contribution in [0.2, 0.25) is 0 Å². The normalized spacial score (nSPS) is 30.6. The van der Waals surface area contributed by atoms with E-state index in [2.05, 4.69) is 36.5 Å². The number of fused-ring (bicyclic) bond motifs is 1. The Morgan fingerprint density at radius 2 is 2.07 bits per heavy atom. The molecule has 0 radical (unpaired) electrons. The highest BCUT2D eigenvalue weighted by Gasteiger charge is 2.43. The fraction of sp³-hybridized carbons (Fsp3) is 0.538. The van der Waals surface area contributed by atoms with Gasteiger partial charge in [0.05, 0.1) is 0 Å². The van der Waals surface area contributed by atoms with Crippen LogP contribution in [0.25, 0.3) is 0 Å². The second kappa shape index (κ2) is 2.75. The van der Waals surface area contributed by atoms with Crippen molar-refractivity contribution in [3.63, 3.8) is 0 Å². The molecule has 0 saturated heterocycles. The Morgan fingerprint density at radius 3 is 2.79 bits per heavy atom. The monoisotopic (exact) mass is 187 g/mol. The first-order valence-corrected chi connectivity index (χ1v) is 5.64. The molecular weight excluding hydrogens is 170 g/mol. The van der Waals surface area contributed by atoms with Gasteiger partial charge < -0.3 is 5.32 Å². The minimum atomic E-state index is 0.412. The largest absolute Gasteiger partial charge is 0.384 e. The molecular formula is C13H17N. The van der Waals surface area contributed by atoms with Gasteiger partial charge in [0.1, 0.15) is 0 Å². The van der Waals surface area contributed by atoms with Crippen LogP contribution >= 0.6 is 0 Å². The molecule has 0 bridgehead atoms. The molecule has 0 amide bonds. The number of hydrogen-bond donors (Lipinski definition) is 1. The van der Waals surface area contributed by atoms with Gasteiger partial charge in [0, 0.05) is 17.6 Å². The van der Waals surface area contributed by atoms with Crippen LogP contribution < -0.4 is 5.32 Å². The summed E-state index contributed by atoms with van der Waals surface area (Å²) in [5.41, 5.74) is 3.32. The van der Waals surface area contributed by atoms with Crippen LogP contribution in [0.5, 0.6) is 0 Å². The minimum absolute atomic E-state index is 0.412. The van der Waals surface area contributed by atoms with E-state index >= 15 is 0 Å². The van der Waals surface area contributed by atoms with Gasteiger partial charge in [-0.2, -0.15) is 0 Å². The maximum Gasteiger partial charge on any atom is 0.0379 e. The summed E-state index contributed by atoms with van der Waals surface area (Å²) in [5, 5.41) is 3.54. The maximum absolute atomic E-state index is 3.54. The molecule has 14 heavy (non-hydrogen) atoms. The van der Waals surface area contributed by atoms with E-state index in [-0.39, 0.29) is 0 Å². The third kappa shape index (κ3) is 0.956. The van der Waals surface area contributed by atoms with Gasteiger partial charge in [0.2, 0.25) is 0 Å². The predicted octanol–water partition coefficient (Wildman–Crippen LogP) is 3.17. The molecule has 3 rings (SSSR count). The molecule has 1 heterocycles. The third-order valence-corrected chi connectivity index (χ3v) is 4.19. The van der Waals surface area contributed by atoms with E-state index in [0.29, 0.717) is 5.41 Å². The van der Waals surface area contributed by atoms with Crippen LogP contribution in [0.3, 0.4) is 0 Å². The summed E-state index contributed by atoms with van der Waals surface area (Å²) in [5.74, 6) is 0.915. The molecule has 1 nitrogen and oxygen atoms in total. The number of benzene rings is 1. The zero-order chi connectivity index (χ0) is 9.60. The van der Waals surface area contributed by atoms with Crippen molar-refractivity contribution in [2.45, 2.75) is 31.6 Å². The molecule has 2 aliphatic rings. The fourth-order valence-electron chi connectivity index (χ4n) is 2.92. The Balaban J connectivity index is 2.03. The average Bonchev–Trinajstić information content (AvgIpc) is 2.43. The Morgan fingerprint density at radius 1 is 1.29 bits per heavy atom. The second-order valence-electron chi connectivity index (χ2n) is 4.94. The van der Waals surface area contributed by atoms with Crippen LogP contribution in [0.1, 0.15) is 31.7 Å². The minimum Gasteiger partial charge on any atom is -0.384 e. The summed E-state index contributed by atoms with van der Waals surface area (Å²) in [6.07, 6.45) is 4.28. The van der Waals surface area contributed by atoms with E-state index < -0.39 is 0 Å². The lowest BCUT2D eigenvalue weighted by molar-refractivity contribution is 0.194. The third-order valence-electron chi connectivity index (χ3n) is 4.19. The first kappa shape index (κ1) is 8.34. The Labute approximate surface area is 85.5 Å².